The molecule has 1 fully saturated rings. The number of ether oxygens (including phenoxy) is 2. The molecule has 1 aliphatic heterocycles. The molecule has 14 heavy (non-hydrogen) atoms. The predicted octanol–water partition coefficient (Wildman–Crippen LogP) is -0.228. The van der Waals surface area contributed by atoms with Gasteiger partial charge in [0, 0.05) is 27.3 Å². The minimum absolute atomic E-state index is 0.0765. The van der Waals surface area contributed by atoms with Crippen LogP contribution in [0.15, 0.2) is 0 Å². The molecular formula is C9H14N2O3. The Kier molecular flexibility index (Phi) is 3.86. The van der Waals surface area contributed by atoms with E-state index in [2.05, 4.69) is 0 Å². The van der Waals surface area contributed by atoms with Gasteiger partial charge in [-0.15, -0.1) is 0 Å². The fourth-order valence-corrected chi connectivity index (χ4v) is 1.58. The van der Waals surface area contributed by atoms with Crippen molar-refractivity contribution in [2.45, 2.75) is 18.6 Å². The van der Waals surface area contributed by atoms with E-state index in [9.17, 15) is 4.79 Å². The van der Waals surface area contributed by atoms with Crippen molar-refractivity contribution in [1.82, 2.24) is 4.90 Å². The highest BCUT2D eigenvalue weighted by Gasteiger charge is 2.35. The van der Waals surface area contributed by atoms with E-state index in [1.807, 2.05) is 6.07 Å². The number of nitriles is 1. The maximum atomic E-state index is 11.4. The molecule has 0 aromatic heterocycles. The quantitative estimate of drug-likeness (QED) is 0.628. The zero-order valence-electron chi connectivity index (χ0n) is 8.40. The van der Waals surface area contributed by atoms with Crippen molar-refractivity contribution in [2.75, 3.05) is 27.3 Å². The molecule has 1 rings (SSSR count). The van der Waals surface area contributed by atoms with Crippen LogP contribution in [0.25, 0.3) is 0 Å². The van der Waals surface area contributed by atoms with Gasteiger partial charge < -0.3 is 14.4 Å². The van der Waals surface area contributed by atoms with Crippen molar-refractivity contribution in [2.24, 2.45) is 0 Å². The molecule has 1 saturated heterocycles. The lowest BCUT2D eigenvalue weighted by atomic mass is 10.3. The van der Waals surface area contributed by atoms with Gasteiger partial charge in [0.15, 0.2) is 0 Å². The zero-order chi connectivity index (χ0) is 10.6. The Bertz CT molecular complexity index is 237. The van der Waals surface area contributed by atoms with E-state index in [1.54, 1.807) is 19.1 Å². The van der Waals surface area contributed by atoms with Gasteiger partial charge in [-0.25, -0.2) is 0 Å². The van der Waals surface area contributed by atoms with Crippen molar-refractivity contribution in [1.29, 1.82) is 5.26 Å². The summed E-state index contributed by atoms with van der Waals surface area (Å²) in [5.41, 5.74) is 0. The van der Waals surface area contributed by atoms with Crippen LogP contribution in [0, 0.1) is 11.3 Å². The average molecular weight is 198 g/mol. The van der Waals surface area contributed by atoms with Crippen LogP contribution in [0.1, 0.15) is 6.42 Å². The molecule has 0 saturated carbocycles. The lowest BCUT2D eigenvalue weighted by Gasteiger charge is -2.13. The summed E-state index contributed by atoms with van der Waals surface area (Å²) in [7, 11) is 3.18. The number of methoxy groups -OCH3 is 2. The molecule has 0 aromatic carbocycles. The van der Waals surface area contributed by atoms with Crippen LogP contribution < -0.4 is 0 Å². The smallest absolute Gasteiger partial charge is 0.236 e. The highest BCUT2D eigenvalue weighted by Crippen LogP contribution is 2.16. The summed E-state index contributed by atoms with van der Waals surface area (Å²) in [6.07, 6.45) is -0.238. The van der Waals surface area contributed by atoms with Gasteiger partial charge in [-0.2, -0.15) is 5.26 Å². The Labute approximate surface area is 83.2 Å². The van der Waals surface area contributed by atoms with Crippen LogP contribution >= 0.6 is 0 Å². The minimum Gasteiger partial charge on any atom is -0.377 e. The zero-order valence-corrected chi connectivity index (χ0v) is 8.40. The minimum atomic E-state index is -0.158. The second-order valence-electron chi connectivity index (χ2n) is 3.18. The van der Waals surface area contributed by atoms with Crippen molar-refractivity contribution in [3.8, 4) is 6.07 Å². The molecule has 1 heterocycles. The van der Waals surface area contributed by atoms with E-state index in [4.69, 9.17) is 14.7 Å². The SMILES string of the molecule is CO[C@@H]1CN(C(=O)CC#N)C[C@H]1OC. The number of nitrogens with zero attached hydrogens (tertiary/aromatic N) is 2. The Morgan fingerprint density at radius 1 is 1.43 bits per heavy atom. The highest BCUT2D eigenvalue weighted by molar-refractivity contribution is 5.78. The molecule has 1 amide bonds. The molecule has 0 radical (unpaired) electrons. The first-order valence-corrected chi connectivity index (χ1v) is 4.43. The average Bonchev–Trinajstić information content (AvgIpc) is 2.61. The Morgan fingerprint density at radius 3 is 2.29 bits per heavy atom. The Morgan fingerprint density at radius 2 is 1.93 bits per heavy atom. The number of hydrogen-bond acceptors (Lipinski definition) is 4. The maximum absolute atomic E-state index is 11.4. The first-order chi connectivity index (χ1) is 6.72. The molecule has 0 aliphatic carbocycles. The van der Waals surface area contributed by atoms with Crippen molar-refractivity contribution in [3.63, 3.8) is 0 Å². The van der Waals surface area contributed by atoms with Crippen LogP contribution in [0.2, 0.25) is 0 Å². The number of likely N-dealkylation sites (tertiary alicyclic amines) is 1. The molecule has 5 nitrogen and oxygen atoms in total. The number of rotatable bonds is 3. The van der Waals surface area contributed by atoms with Gasteiger partial charge in [-0.3, -0.25) is 4.79 Å². The van der Waals surface area contributed by atoms with E-state index >= 15 is 0 Å². The van der Waals surface area contributed by atoms with Gasteiger partial charge in [-0.05, 0) is 0 Å². The molecule has 0 aromatic rings. The first kappa shape index (κ1) is 11.0. The Hall–Kier alpha value is -1.12. The van der Waals surface area contributed by atoms with Crippen molar-refractivity contribution < 1.29 is 14.3 Å². The molecule has 5 heteroatoms. The second-order valence-corrected chi connectivity index (χ2v) is 3.18. The van der Waals surface area contributed by atoms with Gasteiger partial charge in [0.2, 0.25) is 5.91 Å². The second kappa shape index (κ2) is 4.94. The number of carbonyl (C=O) groups is 1. The topological polar surface area (TPSA) is 62.6 Å². The van der Waals surface area contributed by atoms with Gasteiger partial charge in [0.25, 0.3) is 0 Å². The van der Waals surface area contributed by atoms with E-state index in [1.165, 1.54) is 0 Å². The van der Waals surface area contributed by atoms with Gasteiger partial charge in [0.05, 0.1) is 6.07 Å². The monoisotopic (exact) mass is 198 g/mol. The standard InChI is InChI=1S/C9H14N2O3/c1-13-7-5-11(6-8(7)14-2)9(12)3-4-10/h7-8H,3,5-6H2,1-2H3/t7-,8-/m1/s1. The van der Waals surface area contributed by atoms with Crippen molar-refractivity contribution >= 4 is 5.91 Å². The first-order valence-electron chi connectivity index (χ1n) is 4.43. The summed E-state index contributed by atoms with van der Waals surface area (Å²) >= 11 is 0. The molecule has 0 N–H and O–H groups in total. The van der Waals surface area contributed by atoms with Crippen molar-refractivity contribution in [3.05, 3.63) is 0 Å². The molecule has 0 spiro atoms. The molecule has 0 bridgehead atoms. The molecule has 78 valence electrons. The maximum Gasteiger partial charge on any atom is 0.236 e. The molecular weight excluding hydrogens is 184 g/mol. The summed E-state index contributed by atoms with van der Waals surface area (Å²) < 4.78 is 10.3. The van der Waals surface area contributed by atoms with Gasteiger partial charge in [-0.1, -0.05) is 0 Å². The lowest BCUT2D eigenvalue weighted by molar-refractivity contribution is -0.129. The van der Waals surface area contributed by atoms with E-state index < -0.39 is 0 Å². The lowest BCUT2D eigenvalue weighted by Crippen LogP contribution is -2.29. The fraction of sp³-hybridized carbons (Fsp3) is 0.778. The Balaban J connectivity index is 2.53. The third-order valence-corrected chi connectivity index (χ3v) is 2.40. The molecule has 0 unspecified atom stereocenters. The summed E-state index contributed by atoms with van der Waals surface area (Å²) in [6, 6.07) is 1.84. The third-order valence-electron chi connectivity index (χ3n) is 2.40. The van der Waals surface area contributed by atoms with E-state index in [0.717, 1.165) is 0 Å². The van der Waals surface area contributed by atoms with Crippen LogP contribution in [-0.2, 0) is 14.3 Å². The van der Waals surface area contributed by atoms with Crippen LogP contribution in [0.4, 0.5) is 0 Å². The number of carbonyl (C=O) groups excluding carboxylic acids is 1. The van der Waals surface area contributed by atoms with Crippen LogP contribution in [-0.4, -0.2) is 50.3 Å². The van der Waals surface area contributed by atoms with E-state index in [0.29, 0.717) is 13.1 Å². The number of amides is 1. The summed E-state index contributed by atoms with van der Waals surface area (Å²) in [4.78, 5) is 13.0. The predicted molar refractivity (Wildman–Crippen MR) is 48.4 cm³/mol. The highest BCUT2D eigenvalue weighted by atomic mass is 16.5. The van der Waals surface area contributed by atoms with Crippen LogP contribution in [0.5, 0.6) is 0 Å². The summed E-state index contributed by atoms with van der Waals surface area (Å²) in [5.74, 6) is -0.158. The van der Waals surface area contributed by atoms with E-state index in [-0.39, 0.29) is 24.5 Å². The summed E-state index contributed by atoms with van der Waals surface area (Å²) in [6.45, 7) is 1.02. The van der Waals surface area contributed by atoms with Crippen LogP contribution in [0.3, 0.4) is 0 Å². The normalized spacial score (nSPS) is 26.2. The molecule has 1 aliphatic rings. The van der Waals surface area contributed by atoms with Gasteiger partial charge in [0.1, 0.15) is 18.6 Å². The van der Waals surface area contributed by atoms with Gasteiger partial charge >= 0.3 is 0 Å². The summed E-state index contributed by atoms with van der Waals surface area (Å²) in [5, 5.41) is 8.38. The number of hydrogen-bond donors (Lipinski definition) is 0. The fourth-order valence-electron chi connectivity index (χ4n) is 1.58. The largest absolute Gasteiger partial charge is 0.377 e. The third kappa shape index (κ3) is 2.22. The molecule has 2 atom stereocenters.